The van der Waals surface area contributed by atoms with Crippen LogP contribution in [0.1, 0.15) is 38.8 Å². The second-order valence-electron chi connectivity index (χ2n) is 4.18. The first kappa shape index (κ1) is 15.2. The molecule has 0 saturated carbocycles. The minimum absolute atomic E-state index is 0.00781. The van der Waals surface area contributed by atoms with E-state index in [1.54, 1.807) is 0 Å². The van der Waals surface area contributed by atoms with E-state index < -0.39 is 17.2 Å². The quantitative estimate of drug-likeness (QED) is 0.809. The highest BCUT2D eigenvalue weighted by Gasteiger charge is 2.23. The van der Waals surface area contributed by atoms with E-state index in [2.05, 4.69) is 9.71 Å². The lowest BCUT2D eigenvalue weighted by molar-refractivity contribution is 0.383. The predicted octanol–water partition coefficient (Wildman–Crippen LogP) is 2.34. The van der Waals surface area contributed by atoms with Crippen LogP contribution in [0.5, 0.6) is 5.88 Å². The number of aromatic nitrogens is 1. The minimum Gasteiger partial charge on any atom is -0.598 e. The van der Waals surface area contributed by atoms with Crippen molar-refractivity contribution in [3.05, 3.63) is 23.6 Å². The average molecular weight is 274 g/mol. The second kappa shape index (κ2) is 6.92. The zero-order valence-corrected chi connectivity index (χ0v) is 11.9. The van der Waals surface area contributed by atoms with Gasteiger partial charge in [0, 0.05) is 16.9 Å². The van der Waals surface area contributed by atoms with Crippen LogP contribution in [0.15, 0.2) is 12.3 Å². The first-order valence-corrected chi connectivity index (χ1v) is 7.07. The zero-order chi connectivity index (χ0) is 13.7. The predicted molar refractivity (Wildman–Crippen MR) is 70.2 cm³/mol. The van der Waals surface area contributed by atoms with Gasteiger partial charge in [0.1, 0.15) is 11.1 Å². The number of halogens is 1. The van der Waals surface area contributed by atoms with Crippen molar-refractivity contribution in [3.63, 3.8) is 0 Å². The lowest BCUT2D eigenvalue weighted by Gasteiger charge is -2.22. The van der Waals surface area contributed by atoms with Gasteiger partial charge in [0.05, 0.1) is 19.3 Å². The maximum absolute atomic E-state index is 13.3. The summed E-state index contributed by atoms with van der Waals surface area (Å²) < 4.78 is 33.1. The summed E-state index contributed by atoms with van der Waals surface area (Å²) in [6, 6.07) is 1.12. The Hall–Kier alpha value is -0.850. The lowest BCUT2D eigenvalue weighted by atomic mass is 10.1. The van der Waals surface area contributed by atoms with Gasteiger partial charge < -0.3 is 9.29 Å². The summed E-state index contributed by atoms with van der Waals surface area (Å²) in [6.07, 6.45) is 1.77. The Balaban J connectivity index is 2.97. The second-order valence-corrected chi connectivity index (χ2v) is 5.95. The summed E-state index contributed by atoms with van der Waals surface area (Å²) in [5, 5.41) is -0.00781. The Morgan fingerprint density at radius 1 is 1.56 bits per heavy atom. The van der Waals surface area contributed by atoms with Crippen molar-refractivity contribution < 1.29 is 13.7 Å². The average Bonchev–Trinajstić information content (AvgIpc) is 2.35. The van der Waals surface area contributed by atoms with E-state index in [4.69, 9.17) is 4.74 Å². The molecule has 2 atom stereocenters. The molecule has 0 aromatic carbocycles. The third kappa shape index (κ3) is 3.83. The summed E-state index contributed by atoms with van der Waals surface area (Å²) >= 11 is -1.17. The Kier molecular flexibility index (Phi) is 5.84. The van der Waals surface area contributed by atoms with Gasteiger partial charge in [0.15, 0.2) is 0 Å². The van der Waals surface area contributed by atoms with E-state index >= 15 is 0 Å². The Labute approximate surface area is 110 Å². The topological polar surface area (TPSA) is 57.2 Å². The molecule has 0 amide bonds. The van der Waals surface area contributed by atoms with Crippen LogP contribution in [0.25, 0.3) is 0 Å². The maximum Gasteiger partial charge on any atom is 0.218 e. The molecular formula is C12H19FN2O2S. The van der Waals surface area contributed by atoms with Gasteiger partial charge in [-0.05, 0) is 26.3 Å². The molecule has 6 heteroatoms. The molecule has 1 aromatic rings. The number of ether oxygens (including phenoxy) is 1. The fraction of sp³-hybridized carbons (Fsp3) is 0.583. The smallest absolute Gasteiger partial charge is 0.218 e. The number of rotatable bonds is 6. The van der Waals surface area contributed by atoms with Crippen molar-refractivity contribution in [1.29, 1.82) is 0 Å². The minimum atomic E-state index is -1.17. The highest BCUT2D eigenvalue weighted by molar-refractivity contribution is 7.90. The Morgan fingerprint density at radius 2 is 2.22 bits per heavy atom. The molecule has 1 unspecified atom stereocenters. The molecule has 102 valence electrons. The summed E-state index contributed by atoms with van der Waals surface area (Å²) in [4.78, 5) is 3.88. The lowest BCUT2D eigenvalue weighted by Crippen LogP contribution is -2.34. The highest BCUT2D eigenvalue weighted by Crippen LogP contribution is 2.26. The van der Waals surface area contributed by atoms with Crippen LogP contribution in [0.4, 0.5) is 4.39 Å². The monoisotopic (exact) mass is 274 g/mol. The molecule has 0 aliphatic heterocycles. The van der Waals surface area contributed by atoms with Crippen molar-refractivity contribution in [2.75, 3.05) is 7.11 Å². The van der Waals surface area contributed by atoms with Gasteiger partial charge in [-0.15, -0.1) is 4.72 Å². The van der Waals surface area contributed by atoms with Crippen LogP contribution in [0.3, 0.4) is 0 Å². The molecule has 1 N–H and O–H groups in total. The van der Waals surface area contributed by atoms with Gasteiger partial charge in [-0.25, -0.2) is 9.37 Å². The molecule has 0 spiro atoms. The summed E-state index contributed by atoms with van der Waals surface area (Å²) in [7, 11) is 1.48. The largest absolute Gasteiger partial charge is 0.598 e. The molecule has 0 fully saturated rings. The van der Waals surface area contributed by atoms with Crippen LogP contribution in [-0.2, 0) is 11.4 Å². The molecule has 4 nitrogen and oxygen atoms in total. The first-order valence-electron chi connectivity index (χ1n) is 5.85. The van der Waals surface area contributed by atoms with E-state index in [1.165, 1.54) is 13.2 Å². The number of nitrogens with zero attached hydrogens (tertiary/aromatic N) is 1. The van der Waals surface area contributed by atoms with Crippen molar-refractivity contribution in [2.24, 2.45) is 0 Å². The third-order valence-corrected chi connectivity index (χ3v) is 3.88. The van der Waals surface area contributed by atoms with E-state index in [-0.39, 0.29) is 11.3 Å². The van der Waals surface area contributed by atoms with Crippen molar-refractivity contribution >= 4 is 11.4 Å². The van der Waals surface area contributed by atoms with Gasteiger partial charge in [-0.1, -0.05) is 6.92 Å². The van der Waals surface area contributed by atoms with Gasteiger partial charge >= 0.3 is 0 Å². The van der Waals surface area contributed by atoms with Gasteiger partial charge in [-0.2, -0.15) is 0 Å². The van der Waals surface area contributed by atoms with Crippen LogP contribution >= 0.6 is 0 Å². The number of hydrogen-bond donors (Lipinski definition) is 1. The Morgan fingerprint density at radius 3 is 2.72 bits per heavy atom. The molecule has 18 heavy (non-hydrogen) atoms. The summed E-state index contributed by atoms with van der Waals surface area (Å²) in [5.41, 5.74) is 0.592. The SMILES string of the molecule is CCC(N[S@+]([O-])C(C)C)c1cc(F)cnc1OC. The van der Waals surface area contributed by atoms with Gasteiger partial charge in [0.25, 0.3) is 0 Å². The number of hydrogen-bond acceptors (Lipinski definition) is 4. The van der Waals surface area contributed by atoms with E-state index in [9.17, 15) is 8.94 Å². The molecule has 1 aromatic heterocycles. The molecule has 0 aliphatic rings. The number of nitrogens with one attached hydrogen (secondary N) is 1. The molecule has 0 bridgehead atoms. The van der Waals surface area contributed by atoms with E-state index in [0.717, 1.165) is 6.20 Å². The standard InChI is InChI=1S/C12H19FN2O2S/c1-5-11(15-18(16)8(2)3)10-6-9(13)7-14-12(10)17-4/h6-8,11,15H,5H2,1-4H3/t11?,18-/m1/s1. The molecule has 1 heterocycles. The summed E-state index contributed by atoms with van der Waals surface area (Å²) in [5.74, 6) is -0.0714. The molecule has 0 radical (unpaired) electrons. The number of methoxy groups -OCH3 is 1. The van der Waals surface area contributed by atoms with Crippen LogP contribution < -0.4 is 9.46 Å². The molecule has 0 saturated heterocycles. The summed E-state index contributed by atoms with van der Waals surface area (Å²) in [6.45, 7) is 5.65. The molecular weight excluding hydrogens is 255 g/mol. The zero-order valence-electron chi connectivity index (χ0n) is 11.1. The third-order valence-electron chi connectivity index (χ3n) is 2.51. The van der Waals surface area contributed by atoms with Crippen molar-refractivity contribution in [3.8, 4) is 5.88 Å². The van der Waals surface area contributed by atoms with E-state index in [0.29, 0.717) is 17.9 Å². The number of pyridine rings is 1. The normalized spacial score (nSPS) is 14.6. The van der Waals surface area contributed by atoms with E-state index in [1.807, 2.05) is 20.8 Å². The Bertz CT molecular complexity index is 390. The molecule has 0 aliphatic carbocycles. The maximum atomic E-state index is 13.3. The van der Waals surface area contributed by atoms with Crippen molar-refractivity contribution in [2.45, 2.75) is 38.5 Å². The van der Waals surface area contributed by atoms with Crippen LogP contribution in [0, 0.1) is 5.82 Å². The van der Waals surface area contributed by atoms with Gasteiger partial charge in [0.2, 0.25) is 5.88 Å². The fourth-order valence-electron chi connectivity index (χ4n) is 1.51. The van der Waals surface area contributed by atoms with Crippen LogP contribution in [0.2, 0.25) is 0 Å². The fourth-order valence-corrected chi connectivity index (χ4v) is 2.35. The highest BCUT2D eigenvalue weighted by atomic mass is 32.2. The van der Waals surface area contributed by atoms with Gasteiger partial charge in [-0.3, -0.25) is 0 Å². The first-order chi connectivity index (χ1) is 8.49. The molecule has 1 rings (SSSR count). The van der Waals surface area contributed by atoms with Crippen molar-refractivity contribution in [1.82, 2.24) is 9.71 Å². The van der Waals surface area contributed by atoms with Crippen LogP contribution in [-0.4, -0.2) is 21.9 Å².